The lowest BCUT2D eigenvalue weighted by Crippen LogP contribution is -2.47. The van der Waals surface area contributed by atoms with Crippen molar-refractivity contribution >= 4 is 0 Å². The van der Waals surface area contributed by atoms with Crippen LogP contribution in [0.4, 0.5) is 0 Å². The summed E-state index contributed by atoms with van der Waals surface area (Å²) in [5, 5.41) is 0. The van der Waals surface area contributed by atoms with Crippen LogP contribution in [0.5, 0.6) is 0 Å². The predicted octanol–water partition coefficient (Wildman–Crippen LogP) is 1.22. The Bertz CT molecular complexity index is 206. The van der Waals surface area contributed by atoms with Crippen LogP contribution in [0.25, 0.3) is 0 Å². The van der Waals surface area contributed by atoms with Crippen LogP contribution in [0.3, 0.4) is 0 Å². The van der Waals surface area contributed by atoms with Crippen molar-refractivity contribution < 1.29 is 4.74 Å². The van der Waals surface area contributed by atoms with Crippen LogP contribution in [-0.2, 0) is 4.74 Å². The quantitative estimate of drug-likeness (QED) is 0.761. The molecule has 3 heteroatoms. The van der Waals surface area contributed by atoms with Gasteiger partial charge in [0, 0.05) is 19.6 Å². The summed E-state index contributed by atoms with van der Waals surface area (Å²) in [5.74, 6) is 0. The van der Waals surface area contributed by atoms with Crippen LogP contribution in [0.15, 0.2) is 0 Å². The molecule has 15 heavy (non-hydrogen) atoms. The van der Waals surface area contributed by atoms with Gasteiger partial charge >= 0.3 is 0 Å². The molecule has 2 fully saturated rings. The smallest absolute Gasteiger partial charge is 0.0678 e. The summed E-state index contributed by atoms with van der Waals surface area (Å²) in [4.78, 5) is 2.57. The third-order valence-electron chi connectivity index (χ3n) is 3.69. The van der Waals surface area contributed by atoms with Gasteiger partial charge in [-0.25, -0.2) is 0 Å². The van der Waals surface area contributed by atoms with Crippen molar-refractivity contribution in [2.24, 2.45) is 11.1 Å². The summed E-state index contributed by atoms with van der Waals surface area (Å²) in [7, 11) is 0. The summed E-state index contributed by atoms with van der Waals surface area (Å²) in [6.45, 7) is 8.61. The van der Waals surface area contributed by atoms with E-state index in [2.05, 4.69) is 18.7 Å². The topological polar surface area (TPSA) is 38.5 Å². The Morgan fingerprint density at radius 1 is 1.27 bits per heavy atom. The van der Waals surface area contributed by atoms with Gasteiger partial charge in [-0.05, 0) is 45.1 Å². The van der Waals surface area contributed by atoms with Gasteiger partial charge in [-0.1, -0.05) is 0 Å². The maximum atomic E-state index is 5.74. The van der Waals surface area contributed by atoms with Gasteiger partial charge in [0.2, 0.25) is 0 Å². The average molecular weight is 212 g/mol. The minimum absolute atomic E-state index is 0.391. The Hall–Kier alpha value is -0.120. The second kappa shape index (κ2) is 4.40. The lowest BCUT2D eigenvalue weighted by molar-refractivity contribution is -0.0727. The van der Waals surface area contributed by atoms with E-state index in [-0.39, 0.29) is 0 Å². The fourth-order valence-corrected chi connectivity index (χ4v) is 2.86. The molecule has 1 aliphatic heterocycles. The minimum Gasteiger partial charge on any atom is -0.373 e. The molecule has 0 aromatic heterocycles. The van der Waals surface area contributed by atoms with Crippen molar-refractivity contribution in [2.45, 2.75) is 45.3 Å². The van der Waals surface area contributed by atoms with E-state index in [1.54, 1.807) is 0 Å². The number of hydrogen-bond acceptors (Lipinski definition) is 3. The van der Waals surface area contributed by atoms with Crippen molar-refractivity contribution in [3.05, 3.63) is 0 Å². The first-order chi connectivity index (χ1) is 7.13. The van der Waals surface area contributed by atoms with Crippen LogP contribution >= 0.6 is 0 Å². The highest BCUT2D eigenvalue weighted by Gasteiger charge is 2.43. The molecule has 2 N–H and O–H groups in total. The number of ether oxygens (including phenoxy) is 1. The van der Waals surface area contributed by atoms with Gasteiger partial charge in [-0.3, -0.25) is 4.90 Å². The van der Waals surface area contributed by atoms with E-state index in [4.69, 9.17) is 10.5 Å². The summed E-state index contributed by atoms with van der Waals surface area (Å²) in [6, 6.07) is 0. The molecule has 0 bridgehead atoms. The Morgan fingerprint density at radius 3 is 2.33 bits per heavy atom. The maximum absolute atomic E-state index is 5.74. The molecular weight excluding hydrogens is 188 g/mol. The van der Waals surface area contributed by atoms with E-state index in [1.165, 1.54) is 25.8 Å². The highest BCUT2D eigenvalue weighted by atomic mass is 16.5. The molecule has 0 aromatic carbocycles. The molecule has 0 unspecified atom stereocenters. The predicted molar refractivity (Wildman–Crippen MR) is 61.8 cm³/mol. The first-order valence-corrected chi connectivity index (χ1v) is 6.21. The number of rotatable bonds is 4. The molecule has 1 saturated carbocycles. The zero-order valence-electron chi connectivity index (χ0n) is 10.0. The monoisotopic (exact) mass is 212 g/mol. The summed E-state index contributed by atoms with van der Waals surface area (Å²) >= 11 is 0. The lowest BCUT2D eigenvalue weighted by atomic mass is 10.0. The van der Waals surface area contributed by atoms with Gasteiger partial charge in [0.25, 0.3) is 0 Å². The van der Waals surface area contributed by atoms with E-state index in [1.807, 2.05) is 0 Å². The van der Waals surface area contributed by atoms with Gasteiger partial charge < -0.3 is 10.5 Å². The zero-order chi connectivity index (χ0) is 10.9. The second-order valence-corrected chi connectivity index (χ2v) is 5.49. The Balaban J connectivity index is 1.83. The largest absolute Gasteiger partial charge is 0.373 e. The molecule has 1 heterocycles. The van der Waals surface area contributed by atoms with Crippen LogP contribution in [0, 0.1) is 5.41 Å². The fraction of sp³-hybridized carbons (Fsp3) is 1.00. The molecule has 1 aliphatic carbocycles. The van der Waals surface area contributed by atoms with Crippen LogP contribution in [0.1, 0.15) is 33.1 Å². The highest BCUT2D eigenvalue weighted by Crippen LogP contribution is 2.49. The highest BCUT2D eigenvalue weighted by molar-refractivity contribution is 4.96. The Labute approximate surface area is 93.0 Å². The molecule has 0 radical (unpaired) electrons. The van der Waals surface area contributed by atoms with E-state index in [0.29, 0.717) is 17.6 Å². The molecule has 0 amide bonds. The normalized spacial score (nSPS) is 35.4. The lowest BCUT2D eigenvalue weighted by Gasteiger charge is -2.37. The fourth-order valence-electron chi connectivity index (χ4n) is 2.86. The van der Waals surface area contributed by atoms with E-state index in [0.717, 1.165) is 19.6 Å². The minimum atomic E-state index is 0.391. The van der Waals surface area contributed by atoms with Crippen molar-refractivity contribution in [3.8, 4) is 0 Å². The van der Waals surface area contributed by atoms with Gasteiger partial charge in [-0.2, -0.15) is 0 Å². The number of nitrogens with zero attached hydrogens (tertiary/aromatic N) is 1. The molecule has 1 saturated heterocycles. The first kappa shape index (κ1) is 11.4. The van der Waals surface area contributed by atoms with E-state index in [9.17, 15) is 0 Å². The summed E-state index contributed by atoms with van der Waals surface area (Å²) < 4.78 is 5.74. The van der Waals surface area contributed by atoms with Gasteiger partial charge in [0.1, 0.15) is 0 Å². The Morgan fingerprint density at radius 2 is 1.87 bits per heavy atom. The molecule has 2 rings (SSSR count). The second-order valence-electron chi connectivity index (χ2n) is 5.49. The van der Waals surface area contributed by atoms with Crippen molar-refractivity contribution in [3.63, 3.8) is 0 Å². The summed E-state index contributed by atoms with van der Waals surface area (Å²) in [5.41, 5.74) is 6.25. The molecule has 2 aliphatic rings. The van der Waals surface area contributed by atoms with Gasteiger partial charge in [0.05, 0.1) is 12.2 Å². The molecule has 3 nitrogen and oxygen atoms in total. The third kappa shape index (κ3) is 2.92. The van der Waals surface area contributed by atoms with Crippen LogP contribution < -0.4 is 5.73 Å². The first-order valence-electron chi connectivity index (χ1n) is 6.21. The Kier molecular flexibility index (Phi) is 3.33. The van der Waals surface area contributed by atoms with E-state index >= 15 is 0 Å². The van der Waals surface area contributed by atoms with Crippen molar-refractivity contribution in [1.82, 2.24) is 4.90 Å². The molecular formula is C12H24N2O. The molecule has 0 spiro atoms. The number of hydrogen-bond donors (Lipinski definition) is 1. The van der Waals surface area contributed by atoms with Crippen molar-refractivity contribution in [2.75, 3.05) is 26.2 Å². The van der Waals surface area contributed by atoms with Crippen molar-refractivity contribution in [1.29, 1.82) is 0 Å². The summed E-state index contributed by atoms with van der Waals surface area (Å²) in [6.07, 6.45) is 4.74. The third-order valence-corrected chi connectivity index (χ3v) is 3.69. The van der Waals surface area contributed by atoms with Gasteiger partial charge in [-0.15, -0.1) is 0 Å². The average Bonchev–Trinajstić information content (AvgIpc) is 2.83. The van der Waals surface area contributed by atoms with Crippen LogP contribution in [-0.4, -0.2) is 43.3 Å². The van der Waals surface area contributed by atoms with Crippen LogP contribution in [0.2, 0.25) is 0 Å². The maximum Gasteiger partial charge on any atom is 0.0678 e. The molecule has 88 valence electrons. The standard InChI is InChI=1S/C12H24N2O/c1-10-7-14(8-11(2)15-10)9-12(3-4-12)5-6-13/h10-11H,3-9,13H2,1-2H3/t10-,11+. The van der Waals surface area contributed by atoms with E-state index < -0.39 is 0 Å². The number of morpholine rings is 1. The molecule has 2 atom stereocenters. The number of nitrogens with two attached hydrogens (primary N) is 1. The van der Waals surface area contributed by atoms with Gasteiger partial charge in [0.15, 0.2) is 0 Å². The SMILES string of the molecule is C[C@@H]1CN(CC2(CCN)CC2)C[C@H](C)O1. The zero-order valence-corrected chi connectivity index (χ0v) is 10.0. The molecule has 0 aromatic rings.